The van der Waals surface area contributed by atoms with Gasteiger partial charge in [0.2, 0.25) is 0 Å². The molecule has 1 aromatic carbocycles. The van der Waals surface area contributed by atoms with Gasteiger partial charge in [0.1, 0.15) is 23.1 Å². The van der Waals surface area contributed by atoms with Crippen LogP contribution >= 0.6 is 0 Å². The number of nitrogens with zero attached hydrogens (tertiary/aromatic N) is 4. The Hall–Kier alpha value is -2.83. The summed E-state index contributed by atoms with van der Waals surface area (Å²) in [4.78, 5) is 23.1. The number of hydrogen-bond donors (Lipinski definition) is 1. The van der Waals surface area contributed by atoms with Crippen LogP contribution in [0.25, 0.3) is 11.5 Å². The van der Waals surface area contributed by atoms with Crippen LogP contribution in [0.3, 0.4) is 0 Å². The van der Waals surface area contributed by atoms with Gasteiger partial charge in [-0.2, -0.15) is 0 Å². The molecule has 7 nitrogen and oxygen atoms in total. The zero-order valence-electron chi connectivity index (χ0n) is 17.7. The van der Waals surface area contributed by atoms with Crippen LogP contribution in [-0.2, 0) is 19.5 Å². The van der Waals surface area contributed by atoms with E-state index in [-0.39, 0.29) is 11.7 Å². The molecule has 1 saturated carbocycles. The molecule has 3 heterocycles. The fraction of sp³-hybridized carbons (Fsp3) is 0.522. The van der Waals surface area contributed by atoms with Crippen molar-refractivity contribution in [3.63, 3.8) is 0 Å². The number of benzene rings is 1. The Balaban J connectivity index is 1.49. The summed E-state index contributed by atoms with van der Waals surface area (Å²) in [6.45, 7) is 3.40. The molecule has 1 aromatic rings. The first kappa shape index (κ1) is 19.2. The summed E-state index contributed by atoms with van der Waals surface area (Å²) in [5.41, 5.74) is 2.08. The second kappa shape index (κ2) is 7.78. The first-order valence-electron chi connectivity index (χ1n) is 11.1. The number of methoxy groups -OCH3 is 1. The van der Waals surface area contributed by atoms with Gasteiger partial charge in [-0.25, -0.2) is 14.8 Å². The summed E-state index contributed by atoms with van der Waals surface area (Å²) >= 11 is 0. The first-order valence-corrected chi connectivity index (χ1v) is 11.1. The maximum absolute atomic E-state index is 13.3. The fourth-order valence-corrected chi connectivity index (χ4v) is 4.89. The maximum Gasteiger partial charge on any atom is 0.331 e. The lowest BCUT2D eigenvalue weighted by Gasteiger charge is -2.13. The Morgan fingerprint density at radius 2 is 1.93 bits per heavy atom. The van der Waals surface area contributed by atoms with E-state index < -0.39 is 0 Å². The van der Waals surface area contributed by atoms with Crippen LogP contribution in [0.1, 0.15) is 56.3 Å². The average molecular weight is 408 g/mol. The molecule has 0 amide bonds. The summed E-state index contributed by atoms with van der Waals surface area (Å²) in [6.07, 6.45) is 6.51. The van der Waals surface area contributed by atoms with Crippen LogP contribution in [0, 0.1) is 0 Å². The van der Waals surface area contributed by atoms with Gasteiger partial charge in [0, 0.05) is 25.0 Å². The van der Waals surface area contributed by atoms with Crippen LogP contribution in [0.4, 0.5) is 5.82 Å². The minimum atomic E-state index is 0.0157. The molecule has 7 heteroatoms. The number of hydrogen-bond acceptors (Lipinski definition) is 5. The molecule has 1 fully saturated rings. The molecule has 0 aromatic heterocycles. The number of fused-ring (bicyclic) bond motifs is 3. The molecule has 158 valence electrons. The number of nitrogens with one attached hydrogen (secondary N) is 1. The molecule has 0 bridgehead atoms. The van der Waals surface area contributed by atoms with Crippen molar-refractivity contribution in [3.8, 4) is 17.3 Å². The number of aromatic nitrogens is 4. The minimum Gasteiger partial charge on any atom is -0.497 e. The van der Waals surface area contributed by atoms with Crippen LogP contribution in [0.2, 0.25) is 0 Å². The molecular formula is C23H29N5O2. The highest BCUT2D eigenvalue weighted by Crippen LogP contribution is 2.37. The Morgan fingerprint density at radius 3 is 2.63 bits per heavy atom. The van der Waals surface area contributed by atoms with Crippen LogP contribution in [0.15, 0.2) is 29.1 Å². The lowest BCUT2D eigenvalue weighted by Crippen LogP contribution is -2.32. The third-order valence-corrected chi connectivity index (χ3v) is 6.42. The highest BCUT2D eigenvalue weighted by molar-refractivity contribution is 5.70. The van der Waals surface area contributed by atoms with Crippen molar-refractivity contribution >= 4 is 5.82 Å². The van der Waals surface area contributed by atoms with Crippen molar-refractivity contribution < 1.29 is 4.74 Å². The molecule has 1 atom stereocenters. The summed E-state index contributed by atoms with van der Waals surface area (Å²) in [5.74, 6) is 3.78. The predicted molar refractivity (Wildman–Crippen MR) is 117 cm³/mol. The van der Waals surface area contributed by atoms with E-state index in [1.165, 1.54) is 18.4 Å². The van der Waals surface area contributed by atoms with E-state index in [0.717, 1.165) is 54.6 Å². The molecule has 30 heavy (non-hydrogen) atoms. The Morgan fingerprint density at radius 1 is 1.17 bits per heavy atom. The SMILES string of the molecule is CCCn1c2nc(C3CCCC3)nc-2c2n(c1=O)CC(Cc1ccc(OC)cc1)N2. The van der Waals surface area contributed by atoms with E-state index in [1.807, 2.05) is 21.3 Å². The fourth-order valence-electron chi connectivity index (χ4n) is 4.89. The second-order valence-corrected chi connectivity index (χ2v) is 8.52. The standard InChI is InChI=1S/C23H29N5O2/c1-3-12-27-22-19(25-20(26-22)16-6-4-5-7-16)21-24-17(14-28(21)23(27)29)13-15-8-10-18(30-2)11-9-15/h8-11,16-17,24H,3-7,12-14H2,1-2H3. The van der Waals surface area contributed by atoms with Crippen molar-refractivity contribution in [2.75, 3.05) is 12.4 Å². The monoisotopic (exact) mass is 407 g/mol. The zero-order chi connectivity index (χ0) is 20.7. The van der Waals surface area contributed by atoms with Crippen molar-refractivity contribution in [2.45, 2.75) is 70.5 Å². The molecule has 1 unspecified atom stereocenters. The van der Waals surface area contributed by atoms with E-state index in [4.69, 9.17) is 14.7 Å². The molecule has 3 aliphatic heterocycles. The quantitative estimate of drug-likeness (QED) is 0.675. The van der Waals surface area contributed by atoms with E-state index in [0.29, 0.717) is 19.0 Å². The van der Waals surface area contributed by atoms with Crippen molar-refractivity contribution in [2.24, 2.45) is 0 Å². The Kier molecular flexibility index (Phi) is 4.97. The van der Waals surface area contributed by atoms with Crippen LogP contribution in [-0.4, -0.2) is 32.3 Å². The molecular weight excluding hydrogens is 378 g/mol. The average Bonchev–Trinajstić information content (AvgIpc) is 3.50. The molecule has 5 rings (SSSR count). The van der Waals surface area contributed by atoms with Gasteiger partial charge in [-0.1, -0.05) is 31.9 Å². The highest BCUT2D eigenvalue weighted by atomic mass is 16.5. The van der Waals surface area contributed by atoms with Crippen LogP contribution < -0.4 is 15.7 Å². The van der Waals surface area contributed by atoms with Gasteiger partial charge in [0.05, 0.1) is 7.11 Å². The summed E-state index contributed by atoms with van der Waals surface area (Å²) < 4.78 is 8.94. The van der Waals surface area contributed by atoms with Crippen molar-refractivity contribution in [1.82, 2.24) is 19.1 Å². The molecule has 1 N–H and O–H groups in total. The number of anilines is 1. The van der Waals surface area contributed by atoms with Gasteiger partial charge in [0.25, 0.3) is 0 Å². The van der Waals surface area contributed by atoms with Gasteiger partial charge < -0.3 is 10.1 Å². The molecule has 1 aliphatic carbocycles. The molecule has 0 radical (unpaired) electrons. The van der Waals surface area contributed by atoms with Crippen molar-refractivity contribution in [3.05, 3.63) is 46.1 Å². The number of ether oxygens (including phenoxy) is 1. The molecule has 4 aliphatic rings. The topological polar surface area (TPSA) is 74.0 Å². The smallest absolute Gasteiger partial charge is 0.331 e. The molecule has 0 saturated heterocycles. The second-order valence-electron chi connectivity index (χ2n) is 8.52. The number of imidazole rings is 1. The normalized spacial score (nSPS) is 18.7. The van der Waals surface area contributed by atoms with Gasteiger partial charge in [-0.15, -0.1) is 0 Å². The van der Waals surface area contributed by atoms with Crippen molar-refractivity contribution in [1.29, 1.82) is 0 Å². The maximum atomic E-state index is 13.3. The Bertz CT molecular complexity index is 1060. The zero-order valence-corrected chi connectivity index (χ0v) is 17.7. The summed E-state index contributed by atoms with van der Waals surface area (Å²) in [6, 6.07) is 8.28. The Labute approximate surface area is 176 Å². The highest BCUT2D eigenvalue weighted by Gasteiger charge is 2.33. The minimum absolute atomic E-state index is 0.0157. The third kappa shape index (κ3) is 3.26. The van der Waals surface area contributed by atoms with Gasteiger partial charge in [0.15, 0.2) is 5.82 Å². The van der Waals surface area contributed by atoms with E-state index in [1.54, 1.807) is 7.11 Å². The first-order chi connectivity index (χ1) is 14.7. The lowest BCUT2D eigenvalue weighted by molar-refractivity contribution is 0.414. The largest absolute Gasteiger partial charge is 0.497 e. The van der Waals surface area contributed by atoms with Gasteiger partial charge in [-0.05, 0) is 43.4 Å². The van der Waals surface area contributed by atoms with E-state index >= 15 is 0 Å². The molecule has 0 spiro atoms. The summed E-state index contributed by atoms with van der Waals surface area (Å²) in [7, 11) is 1.67. The lowest BCUT2D eigenvalue weighted by atomic mass is 10.1. The third-order valence-electron chi connectivity index (χ3n) is 6.42. The summed E-state index contributed by atoms with van der Waals surface area (Å²) in [5, 5.41) is 3.58. The van der Waals surface area contributed by atoms with Crippen LogP contribution in [0.5, 0.6) is 5.75 Å². The predicted octanol–water partition coefficient (Wildman–Crippen LogP) is 3.66. The van der Waals surface area contributed by atoms with E-state index in [9.17, 15) is 4.79 Å². The van der Waals surface area contributed by atoms with Gasteiger partial charge in [-0.3, -0.25) is 9.13 Å². The number of rotatable bonds is 6. The van der Waals surface area contributed by atoms with E-state index in [2.05, 4.69) is 24.4 Å². The van der Waals surface area contributed by atoms with Gasteiger partial charge >= 0.3 is 5.69 Å².